The highest BCUT2D eigenvalue weighted by atomic mass is 32.2. The van der Waals surface area contributed by atoms with Crippen LogP contribution in [0.3, 0.4) is 0 Å². The van der Waals surface area contributed by atoms with Gasteiger partial charge in [0.2, 0.25) is 10.0 Å². The van der Waals surface area contributed by atoms with Gasteiger partial charge in [-0.25, -0.2) is 8.42 Å². The second-order valence-electron chi connectivity index (χ2n) is 6.38. The third-order valence-electron chi connectivity index (χ3n) is 4.54. The van der Waals surface area contributed by atoms with Crippen molar-refractivity contribution in [3.63, 3.8) is 0 Å². The van der Waals surface area contributed by atoms with Crippen molar-refractivity contribution in [2.45, 2.75) is 37.1 Å². The lowest BCUT2D eigenvalue weighted by molar-refractivity contribution is -0.0751. The first kappa shape index (κ1) is 18.5. The van der Waals surface area contributed by atoms with Crippen LogP contribution in [-0.4, -0.2) is 63.3 Å². The number of aliphatic hydroxyl groups is 1. The van der Waals surface area contributed by atoms with Crippen LogP contribution in [0.4, 0.5) is 0 Å². The molecule has 1 aliphatic rings. The quantitative estimate of drug-likeness (QED) is 0.793. The van der Waals surface area contributed by atoms with Crippen LogP contribution >= 0.6 is 0 Å². The van der Waals surface area contributed by atoms with Gasteiger partial charge in [-0.2, -0.15) is 25.0 Å². The smallest absolute Gasteiger partial charge is 0.243 e. The molecule has 0 aliphatic carbocycles. The summed E-state index contributed by atoms with van der Waals surface area (Å²) in [7, 11) is -3.72. The summed E-state index contributed by atoms with van der Waals surface area (Å²) >= 11 is 0. The second kappa shape index (κ2) is 7.13. The average molecular weight is 376 g/mol. The van der Waals surface area contributed by atoms with E-state index < -0.39 is 16.3 Å². The number of nitriles is 1. The molecule has 1 aromatic carbocycles. The molecule has 3 atom stereocenters. The fraction of sp³-hybridized carbons (Fsp3) is 0.438. The Bertz CT molecular complexity index is 896. The number of hydrogen-bond acceptors (Lipinski definition) is 7. The van der Waals surface area contributed by atoms with Gasteiger partial charge in [0.1, 0.15) is 5.69 Å². The van der Waals surface area contributed by atoms with Crippen molar-refractivity contribution in [3.05, 3.63) is 41.7 Å². The summed E-state index contributed by atoms with van der Waals surface area (Å²) in [5.74, 6) is 0. The Hall–Kier alpha value is -2.32. The Morgan fingerprint density at radius 1 is 1.35 bits per heavy atom. The van der Waals surface area contributed by atoms with Gasteiger partial charge in [0.15, 0.2) is 6.23 Å². The van der Waals surface area contributed by atoms with Gasteiger partial charge in [-0.15, -0.1) is 0 Å². The van der Waals surface area contributed by atoms with E-state index in [1.807, 2.05) is 24.8 Å². The van der Waals surface area contributed by atoms with Crippen LogP contribution in [0, 0.1) is 11.3 Å². The number of aromatic amines is 1. The molecule has 1 aliphatic heterocycles. The van der Waals surface area contributed by atoms with E-state index in [1.54, 1.807) is 12.1 Å². The summed E-state index contributed by atoms with van der Waals surface area (Å²) in [6.45, 7) is 4.15. The Kier molecular flexibility index (Phi) is 5.06. The van der Waals surface area contributed by atoms with Crippen molar-refractivity contribution in [2.24, 2.45) is 0 Å². The van der Waals surface area contributed by atoms with Gasteiger partial charge in [0.05, 0.1) is 22.7 Å². The van der Waals surface area contributed by atoms with E-state index in [9.17, 15) is 13.5 Å². The van der Waals surface area contributed by atoms with Gasteiger partial charge in [-0.1, -0.05) is 6.07 Å². The minimum atomic E-state index is -3.72. The summed E-state index contributed by atoms with van der Waals surface area (Å²) in [5.41, 5.74) is 0.689. The molecule has 9 nitrogen and oxygen atoms in total. The van der Waals surface area contributed by atoms with Crippen molar-refractivity contribution < 1.29 is 13.5 Å². The van der Waals surface area contributed by atoms with Gasteiger partial charge >= 0.3 is 0 Å². The van der Waals surface area contributed by atoms with Crippen LogP contribution in [0.5, 0.6) is 0 Å². The van der Waals surface area contributed by atoms with Gasteiger partial charge in [-0.05, 0) is 32.0 Å². The Labute approximate surface area is 151 Å². The number of nitrogens with zero attached hydrogens (tertiary/aromatic N) is 5. The zero-order valence-electron chi connectivity index (χ0n) is 14.4. The Balaban J connectivity index is 1.83. The molecule has 0 radical (unpaired) electrons. The van der Waals surface area contributed by atoms with E-state index in [-0.39, 0.29) is 30.1 Å². The first-order valence-electron chi connectivity index (χ1n) is 8.16. The first-order chi connectivity index (χ1) is 12.3. The molecule has 0 bridgehead atoms. The van der Waals surface area contributed by atoms with Gasteiger partial charge in [0, 0.05) is 25.2 Å². The maximum atomic E-state index is 13.0. The van der Waals surface area contributed by atoms with E-state index in [4.69, 9.17) is 5.26 Å². The highest BCUT2D eigenvalue weighted by molar-refractivity contribution is 7.89. The third kappa shape index (κ3) is 3.34. The Morgan fingerprint density at radius 3 is 2.62 bits per heavy atom. The monoisotopic (exact) mass is 376 g/mol. The van der Waals surface area contributed by atoms with Gasteiger partial charge in [0.25, 0.3) is 0 Å². The number of benzene rings is 1. The molecule has 2 aromatic rings. The lowest BCUT2D eigenvalue weighted by Crippen LogP contribution is -2.58. The van der Waals surface area contributed by atoms with Crippen molar-refractivity contribution in [1.29, 1.82) is 5.26 Å². The number of nitrogens with one attached hydrogen (secondary N) is 1. The minimum Gasteiger partial charge on any atom is -0.372 e. The molecule has 138 valence electrons. The van der Waals surface area contributed by atoms with E-state index in [0.717, 1.165) is 0 Å². The molecule has 3 rings (SSSR count). The highest BCUT2D eigenvalue weighted by Crippen LogP contribution is 2.28. The average Bonchev–Trinajstić information content (AvgIpc) is 3.15. The molecule has 0 spiro atoms. The van der Waals surface area contributed by atoms with Crippen molar-refractivity contribution in [2.75, 3.05) is 13.1 Å². The summed E-state index contributed by atoms with van der Waals surface area (Å²) < 4.78 is 27.3. The summed E-state index contributed by atoms with van der Waals surface area (Å²) in [4.78, 5) is 1.91. The lowest BCUT2D eigenvalue weighted by Gasteiger charge is -2.45. The molecule has 1 unspecified atom stereocenters. The molecular formula is C16H20N6O3S. The molecule has 1 saturated heterocycles. The van der Waals surface area contributed by atoms with E-state index in [2.05, 4.69) is 15.4 Å². The second-order valence-corrected chi connectivity index (χ2v) is 8.31. The molecule has 1 aromatic heterocycles. The number of hydrogen-bond donors (Lipinski definition) is 2. The standard InChI is InChI=1S/C16H20N6O3S/c1-11-9-21(26(24,25)14-5-3-4-13(6-14)7-17)10-12(2)22(11)16(23)15-8-18-20-19-15/h3-6,8,11-12,16,23H,9-10H2,1-2H3,(H,18,19,20)/t11-,12+,16?. The number of sulfonamides is 1. The first-order valence-corrected chi connectivity index (χ1v) is 9.60. The van der Waals surface area contributed by atoms with Crippen LogP contribution in [0.15, 0.2) is 35.4 Å². The number of aliphatic hydroxyl groups excluding tert-OH is 1. The predicted octanol–water partition coefficient (Wildman–Crippen LogP) is 0.451. The topological polar surface area (TPSA) is 126 Å². The number of rotatable bonds is 4. The largest absolute Gasteiger partial charge is 0.372 e. The lowest BCUT2D eigenvalue weighted by atomic mass is 10.1. The van der Waals surface area contributed by atoms with Crippen LogP contribution in [0.2, 0.25) is 0 Å². The van der Waals surface area contributed by atoms with Gasteiger partial charge < -0.3 is 5.11 Å². The van der Waals surface area contributed by atoms with Crippen molar-refractivity contribution >= 4 is 10.0 Å². The number of piperazine rings is 1. The molecule has 2 N–H and O–H groups in total. The summed E-state index contributed by atoms with van der Waals surface area (Å²) in [6, 6.07) is 7.47. The molecule has 2 heterocycles. The molecule has 10 heteroatoms. The summed E-state index contributed by atoms with van der Waals surface area (Å²) in [6.07, 6.45) is 0.478. The summed E-state index contributed by atoms with van der Waals surface area (Å²) in [5, 5.41) is 29.6. The molecule has 0 saturated carbocycles. The zero-order chi connectivity index (χ0) is 18.9. The van der Waals surface area contributed by atoms with E-state index in [0.29, 0.717) is 11.3 Å². The van der Waals surface area contributed by atoms with Crippen LogP contribution in [0.25, 0.3) is 0 Å². The maximum absolute atomic E-state index is 13.0. The molecular weight excluding hydrogens is 356 g/mol. The minimum absolute atomic E-state index is 0.0986. The fourth-order valence-electron chi connectivity index (χ4n) is 3.33. The van der Waals surface area contributed by atoms with Crippen LogP contribution < -0.4 is 0 Å². The van der Waals surface area contributed by atoms with Crippen LogP contribution in [-0.2, 0) is 10.0 Å². The number of H-pyrrole nitrogens is 1. The predicted molar refractivity (Wildman–Crippen MR) is 92.0 cm³/mol. The van der Waals surface area contributed by atoms with E-state index in [1.165, 1.54) is 22.6 Å². The maximum Gasteiger partial charge on any atom is 0.243 e. The normalized spacial score (nSPS) is 23.5. The van der Waals surface area contributed by atoms with E-state index >= 15 is 0 Å². The number of aromatic nitrogens is 3. The van der Waals surface area contributed by atoms with Crippen molar-refractivity contribution in [3.8, 4) is 6.07 Å². The fourth-order valence-corrected chi connectivity index (χ4v) is 4.98. The van der Waals surface area contributed by atoms with Crippen LogP contribution in [0.1, 0.15) is 31.3 Å². The third-order valence-corrected chi connectivity index (χ3v) is 6.36. The van der Waals surface area contributed by atoms with Crippen molar-refractivity contribution in [1.82, 2.24) is 24.6 Å². The zero-order valence-corrected chi connectivity index (χ0v) is 15.3. The SMILES string of the molecule is C[C@@H]1CN(S(=O)(=O)c2cccc(C#N)c2)C[C@H](C)N1C(O)c1cn[nH]n1. The molecule has 26 heavy (non-hydrogen) atoms. The molecule has 1 fully saturated rings. The molecule has 0 amide bonds. The highest BCUT2D eigenvalue weighted by Gasteiger charge is 2.39. The Morgan fingerprint density at radius 2 is 2.04 bits per heavy atom. The van der Waals surface area contributed by atoms with Gasteiger partial charge in [-0.3, -0.25) is 4.90 Å².